The lowest BCUT2D eigenvalue weighted by atomic mass is 10.1. The van der Waals surface area contributed by atoms with Gasteiger partial charge in [0.1, 0.15) is 0 Å². The van der Waals surface area contributed by atoms with Crippen LogP contribution in [0.15, 0.2) is 0 Å². The van der Waals surface area contributed by atoms with Crippen LogP contribution < -0.4 is 11.6 Å². The lowest BCUT2D eigenvalue weighted by Crippen LogP contribution is -2.08. The molecule has 0 amide bonds. The van der Waals surface area contributed by atoms with E-state index in [9.17, 15) is 0 Å². The molecule has 0 saturated heterocycles. The molecule has 0 aromatic rings. The molecule has 0 aliphatic heterocycles. The van der Waals surface area contributed by atoms with Gasteiger partial charge in [-0.1, -0.05) is 38.5 Å². The van der Waals surface area contributed by atoms with Gasteiger partial charge in [-0.05, 0) is 19.4 Å². The minimum absolute atomic E-state index is 0.487. The molecule has 4 N–H and O–H groups in total. The number of rotatable bonds is 13. The van der Waals surface area contributed by atoms with Crippen LogP contribution in [-0.4, -0.2) is 26.4 Å². The summed E-state index contributed by atoms with van der Waals surface area (Å²) >= 11 is 0. The van der Waals surface area contributed by atoms with Crippen LogP contribution in [0.1, 0.15) is 51.4 Å². The molecule has 0 bridgehead atoms. The van der Waals surface area contributed by atoms with Crippen molar-refractivity contribution in [1.82, 2.24) is 0 Å². The second-order valence-corrected chi connectivity index (χ2v) is 4.10. The summed E-state index contributed by atoms with van der Waals surface area (Å²) in [6, 6.07) is 0. The smallest absolute Gasteiger partial charge is 0.0913 e. The topological polar surface area (TPSA) is 70.5 Å². The summed E-state index contributed by atoms with van der Waals surface area (Å²) in [5, 5.41) is 0. The van der Waals surface area contributed by atoms with E-state index in [1.807, 2.05) is 0 Å². The van der Waals surface area contributed by atoms with Crippen molar-refractivity contribution in [2.75, 3.05) is 26.4 Å². The highest BCUT2D eigenvalue weighted by atomic mass is 16.6. The van der Waals surface area contributed by atoms with Gasteiger partial charge in [0.05, 0.1) is 13.2 Å². The third-order valence-corrected chi connectivity index (χ3v) is 2.59. The Hall–Kier alpha value is -0.160. The first-order chi connectivity index (χ1) is 7.91. The van der Waals surface area contributed by atoms with Crippen molar-refractivity contribution in [1.29, 1.82) is 0 Å². The third kappa shape index (κ3) is 13.8. The van der Waals surface area contributed by atoms with Gasteiger partial charge in [0.25, 0.3) is 0 Å². The van der Waals surface area contributed by atoms with Crippen LogP contribution in [0.5, 0.6) is 0 Å². The maximum atomic E-state index is 5.43. The first-order valence-corrected chi connectivity index (χ1v) is 6.51. The summed E-state index contributed by atoms with van der Waals surface area (Å²) in [5.41, 5.74) is 5.43. The van der Waals surface area contributed by atoms with Crippen molar-refractivity contribution in [3.05, 3.63) is 0 Å². The Bertz CT molecular complexity index is 110. The molecule has 4 nitrogen and oxygen atoms in total. The molecule has 0 aromatic heterocycles. The van der Waals surface area contributed by atoms with Crippen molar-refractivity contribution in [2.45, 2.75) is 51.4 Å². The van der Waals surface area contributed by atoms with E-state index in [4.69, 9.17) is 16.4 Å². The highest BCUT2D eigenvalue weighted by Crippen LogP contribution is 2.08. The number of hydrogen-bond acceptors (Lipinski definition) is 4. The largest absolute Gasteiger partial charge is 0.379 e. The third-order valence-electron chi connectivity index (χ3n) is 2.59. The maximum Gasteiger partial charge on any atom is 0.0913 e. The Labute approximate surface area is 99.6 Å². The summed E-state index contributed by atoms with van der Waals surface area (Å²) < 4.78 is 5.31. The predicted molar refractivity (Wildman–Crippen MR) is 66.9 cm³/mol. The molecule has 98 valence electrons. The van der Waals surface area contributed by atoms with E-state index in [1.165, 1.54) is 44.9 Å². The zero-order valence-electron chi connectivity index (χ0n) is 10.5. The minimum atomic E-state index is 0.487. The second-order valence-electron chi connectivity index (χ2n) is 4.10. The lowest BCUT2D eigenvalue weighted by molar-refractivity contribution is 0.0463. The van der Waals surface area contributed by atoms with Crippen molar-refractivity contribution in [3.63, 3.8) is 0 Å². The Morgan fingerprint density at radius 3 is 1.75 bits per heavy atom. The first-order valence-electron chi connectivity index (χ1n) is 6.51. The SMILES string of the molecule is NCCCCCCCCCCOCCON. The van der Waals surface area contributed by atoms with Crippen molar-refractivity contribution in [3.8, 4) is 0 Å². The van der Waals surface area contributed by atoms with Crippen LogP contribution in [0.25, 0.3) is 0 Å². The minimum Gasteiger partial charge on any atom is -0.379 e. The fraction of sp³-hybridized carbons (Fsp3) is 1.00. The van der Waals surface area contributed by atoms with Gasteiger partial charge in [0.2, 0.25) is 0 Å². The summed E-state index contributed by atoms with van der Waals surface area (Å²) in [4.78, 5) is 4.40. The molecule has 4 heteroatoms. The van der Waals surface area contributed by atoms with E-state index >= 15 is 0 Å². The molecule has 0 heterocycles. The Morgan fingerprint density at radius 1 is 0.625 bits per heavy atom. The highest BCUT2D eigenvalue weighted by molar-refractivity contribution is 4.47. The van der Waals surface area contributed by atoms with Crippen molar-refractivity contribution < 1.29 is 9.57 Å². The van der Waals surface area contributed by atoms with E-state index in [0.717, 1.165) is 19.6 Å². The lowest BCUT2D eigenvalue weighted by Gasteiger charge is -2.03. The molecular weight excluding hydrogens is 204 g/mol. The molecule has 0 saturated carbocycles. The van der Waals surface area contributed by atoms with Gasteiger partial charge in [0, 0.05) is 6.61 Å². The van der Waals surface area contributed by atoms with Crippen LogP contribution in [0.3, 0.4) is 0 Å². The van der Waals surface area contributed by atoms with Crippen LogP contribution in [-0.2, 0) is 9.57 Å². The van der Waals surface area contributed by atoms with E-state index < -0.39 is 0 Å². The Balaban J connectivity index is 2.83. The molecule has 0 rings (SSSR count). The molecule has 16 heavy (non-hydrogen) atoms. The maximum absolute atomic E-state index is 5.43. The normalized spacial score (nSPS) is 10.9. The van der Waals surface area contributed by atoms with Gasteiger partial charge in [-0.25, -0.2) is 5.90 Å². The molecular formula is C12H28N2O2. The van der Waals surface area contributed by atoms with Gasteiger partial charge in [-0.3, -0.25) is 0 Å². The molecule has 0 aliphatic rings. The quantitative estimate of drug-likeness (QED) is 0.376. The standard InChI is InChI=1S/C12H28N2O2/c13-9-7-5-3-1-2-4-6-8-10-15-11-12-16-14/h1-14H2. The average molecular weight is 232 g/mol. The highest BCUT2D eigenvalue weighted by Gasteiger charge is 1.92. The Morgan fingerprint density at radius 2 is 1.19 bits per heavy atom. The van der Waals surface area contributed by atoms with E-state index in [-0.39, 0.29) is 0 Å². The van der Waals surface area contributed by atoms with Gasteiger partial charge in [-0.2, -0.15) is 0 Å². The monoisotopic (exact) mass is 232 g/mol. The average Bonchev–Trinajstić information content (AvgIpc) is 2.31. The summed E-state index contributed by atoms with van der Waals surface area (Å²) in [7, 11) is 0. The fourth-order valence-corrected chi connectivity index (χ4v) is 1.62. The van der Waals surface area contributed by atoms with E-state index in [0.29, 0.717) is 13.2 Å². The summed E-state index contributed by atoms with van der Waals surface area (Å²) in [6.07, 6.45) is 10.2. The second kappa shape index (κ2) is 14.8. The van der Waals surface area contributed by atoms with Crippen molar-refractivity contribution >= 4 is 0 Å². The van der Waals surface area contributed by atoms with Gasteiger partial charge >= 0.3 is 0 Å². The predicted octanol–water partition coefficient (Wildman–Crippen LogP) is 1.97. The Kier molecular flexibility index (Phi) is 14.7. The zero-order chi connectivity index (χ0) is 11.9. The van der Waals surface area contributed by atoms with Crippen LogP contribution in [0.4, 0.5) is 0 Å². The van der Waals surface area contributed by atoms with Crippen molar-refractivity contribution in [2.24, 2.45) is 11.6 Å². The molecule has 0 aromatic carbocycles. The van der Waals surface area contributed by atoms with Gasteiger partial charge in [0.15, 0.2) is 0 Å². The van der Waals surface area contributed by atoms with E-state index in [2.05, 4.69) is 4.84 Å². The summed E-state index contributed by atoms with van der Waals surface area (Å²) in [6.45, 7) is 2.76. The number of unbranched alkanes of at least 4 members (excludes halogenated alkanes) is 7. The van der Waals surface area contributed by atoms with Crippen LogP contribution >= 0.6 is 0 Å². The number of nitrogens with two attached hydrogens (primary N) is 2. The molecule has 0 radical (unpaired) electrons. The molecule has 0 atom stereocenters. The van der Waals surface area contributed by atoms with Crippen LogP contribution in [0.2, 0.25) is 0 Å². The zero-order valence-corrected chi connectivity index (χ0v) is 10.5. The fourth-order valence-electron chi connectivity index (χ4n) is 1.62. The first kappa shape index (κ1) is 15.8. The number of ether oxygens (including phenoxy) is 1. The molecule has 0 spiro atoms. The molecule has 0 unspecified atom stereocenters. The van der Waals surface area contributed by atoms with Crippen LogP contribution in [0, 0.1) is 0 Å². The number of hydrogen-bond donors (Lipinski definition) is 2. The molecule has 0 aliphatic carbocycles. The van der Waals surface area contributed by atoms with Gasteiger partial charge in [-0.15, -0.1) is 0 Å². The molecule has 0 fully saturated rings. The van der Waals surface area contributed by atoms with Gasteiger partial charge < -0.3 is 15.3 Å². The summed E-state index contributed by atoms with van der Waals surface area (Å²) in [5.74, 6) is 4.87. The van der Waals surface area contributed by atoms with E-state index in [1.54, 1.807) is 0 Å².